The molecule has 0 saturated carbocycles. The molecule has 1 aromatic carbocycles. The second kappa shape index (κ2) is 6.78. The van der Waals surface area contributed by atoms with Crippen molar-refractivity contribution in [3.05, 3.63) is 82.3 Å². The molecular weight excluding hydrogens is 448 g/mol. The van der Waals surface area contributed by atoms with Crippen molar-refractivity contribution < 1.29 is 23.8 Å². The van der Waals surface area contributed by atoms with Crippen LogP contribution in [0.1, 0.15) is 17.0 Å². The Morgan fingerprint density at radius 1 is 1.23 bits per heavy atom. The van der Waals surface area contributed by atoms with Crippen molar-refractivity contribution in [3.8, 4) is 0 Å². The highest BCUT2D eigenvalue weighted by Gasteiger charge is 2.72. The molecule has 3 aliphatic rings. The molecule has 31 heavy (non-hydrogen) atoms. The van der Waals surface area contributed by atoms with E-state index in [0.717, 1.165) is 0 Å². The largest absolute Gasteiger partial charge is 0.480 e. The number of carboxylic acid groups (broad SMARTS) is 1. The number of nitrogens with zero attached hydrogens (tertiary/aromatic N) is 1. The van der Waals surface area contributed by atoms with Crippen LogP contribution < -0.4 is 10.6 Å². The molecular formula is C21H14Cl2FN3O4. The predicted octanol–water partition coefficient (Wildman–Crippen LogP) is 3.35. The predicted molar refractivity (Wildman–Crippen MR) is 110 cm³/mol. The number of carbonyl (C=O) groups is 2. The van der Waals surface area contributed by atoms with Gasteiger partial charge < -0.3 is 15.2 Å². The Hall–Kier alpha value is -2.94. The number of halogens is 3. The lowest BCUT2D eigenvalue weighted by atomic mass is 9.59. The zero-order valence-corrected chi connectivity index (χ0v) is 17.1. The van der Waals surface area contributed by atoms with E-state index in [1.54, 1.807) is 30.4 Å². The van der Waals surface area contributed by atoms with Crippen LogP contribution in [0.5, 0.6) is 0 Å². The van der Waals surface area contributed by atoms with Crippen LogP contribution in [0.3, 0.4) is 0 Å². The summed E-state index contributed by atoms with van der Waals surface area (Å²) >= 11 is 12.1. The molecule has 1 saturated heterocycles. The minimum absolute atomic E-state index is 0.0389. The van der Waals surface area contributed by atoms with Crippen LogP contribution in [0.4, 0.5) is 10.1 Å². The summed E-state index contributed by atoms with van der Waals surface area (Å²) in [7, 11) is 0. The smallest absolute Gasteiger partial charge is 0.321 e. The van der Waals surface area contributed by atoms with Crippen LogP contribution in [-0.4, -0.2) is 33.5 Å². The molecule has 0 radical (unpaired) electrons. The molecule has 3 N–H and O–H groups in total. The number of pyridine rings is 1. The standard InChI is InChI=1S/C21H14Cl2FN3O4/c22-10-1-2-12-13(9-10)26-19(30)21(12)14(11-3-6-25-17(23)15(11)24)16(18(28)29)27-20(21)4-7-31-8-5-20/h1-9,14,16,27H,(H,26,30)(H,28,29)/t14-,16+,21+/m0/s1. The van der Waals surface area contributed by atoms with E-state index in [0.29, 0.717) is 16.3 Å². The molecule has 7 nitrogen and oxygen atoms in total. The number of anilines is 1. The fraction of sp³-hybridized carbons (Fsp3) is 0.190. The van der Waals surface area contributed by atoms with E-state index in [1.807, 2.05) is 0 Å². The summed E-state index contributed by atoms with van der Waals surface area (Å²) in [4.78, 5) is 29.8. The average molecular weight is 462 g/mol. The molecule has 0 aliphatic carbocycles. The lowest BCUT2D eigenvalue weighted by Gasteiger charge is -2.41. The summed E-state index contributed by atoms with van der Waals surface area (Å²) in [5.41, 5.74) is -2.05. The zero-order valence-electron chi connectivity index (χ0n) is 15.6. The first kappa shape index (κ1) is 20.0. The first-order valence-corrected chi connectivity index (χ1v) is 10.0. The van der Waals surface area contributed by atoms with Crippen molar-refractivity contribution in [2.75, 3.05) is 5.32 Å². The van der Waals surface area contributed by atoms with Gasteiger partial charge in [0, 0.05) is 22.8 Å². The number of aromatic nitrogens is 1. The van der Waals surface area contributed by atoms with Crippen molar-refractivity contribution in [1.82, 2.24) is 10.3 Å². The molecule has 5 rings (SSSR count). The summed E-state index contributed by atoms with van der Waals surface area (Å²) in [5, 5.41) is 15.9. The molecule has 4 heterocycles. The number of nitrogens with one attached hydrogen (secondary N) is 2. The number of amides is 1. The van der Waals surface area contributed by atoms with Crippen LogP contribution >= 0.6 is 23.2 Å². The van der Waals surface area contributed by atoms with Gasteiger partial charge >= 0.3 is 5.97 Å². The molecule has 0 bridgehead atoms. The number of carbonyl (C=O) groups excluding carboxylic acids is 1. The van der Waals surface area contributed by atoms with Crippen molar-refractivity contribution in [1.29, 1.82) is 0 Å². The van der Waals surface area contributed by atoms with Gasteiger partial charge in [0.25, 0.3) is 0 Å². The van der Waals surface area contributed by atoms with Crippen molar-refractivity contribution in [2.45, 2.75) is 22.9 Å². The number of benzene rings is 1. The average Bonchev–Trinajstić information content (AvgIpc) is 3.18. The Bertz CT molecular complexity index is 1190. The van der Waals surface area contributed by atoms with Gasteiger partial charge in [-0.1, -0.05) is 29.3 Å². The van der Waals surface area contributed by atoms with Gasteiger partial charge in [0.15, 0.2) is 11.0 Å². The maximum Gasteiger partial charge on any atom is 0.321 e. The summed E-state index contributed by atoms with van der Waals surface area (Å²) in [6, 6.07) is 4.83. The molecule has 2 spiro atoms. The van der Waals surface area contributed by atoms with Gasteiger partial charge in [-0.2, -0.15) is 0 Å². The fourth-order valence-corrected chi connectivity index (χ4v) is 5.37. The molecule has 2 aromatic rings. The van der Waals surface area contributed by atoms with Crippen LogP contribution in [0.25, 0.3) is 0 Å². The summed E-state index contributed by atoms with van der Waals surface area (Å²) in [6.07, 6.45) is 7.11. The van der Waals surface area contributed by atoms with Gasteiger partial charge in [-0.3, -0.25) is 14.9 Å². The second-order valence-corrected chi connectivity index (χ2v) is 8.30. The highest BCUT2D eigenvalue weighted by molar-refractivity contribution is 6.31. The SMILES string of the molecule is O=C(O)[C@@H]1NC2(C=COC=C2)[C@@]2(C(=O)Nc3cc(Cl)ccc32)[C@H]1c1ccnc(Cl)c1F. The maximum atomic E-state index is 15.2. The number of hydrogen-bond donors (Lipinski definition) is 3. The summed E-state index contributed by atoms with van der Waals surface area (Å²) < 4.78 is 20.4. The lowest BCUT2D eigenvalue weighted by molar-refractivity contribution is -0.139. The Morgan fingerprint density at radius 3 is 2.68 bits per heavy atom. The molecule has 1 amide bonds. The molecule has 0 unspecified atom stereocenters. The van der Waals surface area contributed by atoms with E-state index in [1.165, 1.54) is 24.8 Å². The third kappa shape index (κ3) is 2.52. The first-order chi connectivity index (χ1) is 14.8. The van der Waals surface area contributed by atoms with Gasteiger partial charge in [0.2, 0.25) is 5.91 Å². The van der Waals surface area contributed by atoms with E-state index in [2.05, 4.69) is 15.6 Å². The topological polar surface area (TPSA) is 101 Å². The van der Waals surface area contributed by atoms with E-state index >= 15 is 4.39 Å². The van der Waals surface area contributed by atoms with E-state index in [9.17, 15) is 14.7 Å². The number of ether oxygens (including phenoxy) is 1. The quantitative estimate of drug-likeness (QED) is 0.592. The lowest BCUT2D eigenvalue weighted by Crippen LogP contribution is -2.57. The van der Waals surface area contributed by atoms with Crippen LogP contribution in [0, 0.1) is 5.82 Å². The monoisotopic (exact) mass is 461 g/mol. The zero-order chi connectivity index (χ0) is 22.0. The first-order valence-electron chi connectivity index (χ1n) is 9.24. The van der Waals surface area contributed by atoms with Crippen LogP contribution in [-0.2, 0) is 19.7 Å². The highest BCUT2D eigenvalue weighted by atomic mass is 35.5. The number of rotatable bonds is 2. The molecule has 3 aliphatic heterocycles. The fourth-order valence-electron chi connectivity index (χ4n) is 5.03. The Kier molecular flexibility index (Phi) is 4.37. The maximum absolute atomic E-state index is 15.2. The van der Waals surface area contributed by atoms with Gasteiger partial charge in [-0.25, -0.2) is 9.37 Å². The van der Waals surface area contributed by atoms with Crippen molar-refractivity contribution in [3.63, 3.8) is 0 Å². The number of hydrogen-bond acceptors (Lipinski definition) is 5. The number of aliphatic carboxylic acids is 1. The second-order valence-electron chi connectivity index (χ2n) is 7.51. The minimum atomic E-state index is -1.59. The third-order valence-electron chi connectivity index (χ3n) is 6.16. The number of carboxylic acids is 1. The molecule has 1 fully saturated rings. The van der Waals surface area contributed by atoms with Gasteiger partial charge in [-0.05, 0) is 41.5 Å². The third-order valence-corrected chi connectivity index (χ3v) is 6.65. The van der Waals surface area contributed by atoms with Crippen molar-refractivity contribution in [2.24, 2.45) is 0 Å². The Labute approximate surface area is 185 Å². The highest BCUT2D eigenvalue weighted by Crippen LogP contribution is 2.60. The van der Waals surface area contributed by atoms with E-state index in [-0.39, 0.29) is 5.56 Å². The van der Waals surface area contributed by atoms with Crippen LogP contribution in [0.2, 0.25) is 10.2 Å². The molecule has 10 heteroatoms. The van der Waals surface area contributed by atoms with E-state index in [4.69, 9.17) is 27.9 Å². The summed E-state index contributed by atoms with van der Waals surface area (Å²) in [6.45, 7) is 0. The molecule has 158 valence electrons. The molecule has 3 atom stereocenters. The number of fused-ring (bicyclic) bond motifs is 3. The normalized spacial score (nSPS) is 27.4. The van der Waals surface area contributed by atoms with Crippen LogP contribution in [0.15, 0.2) is 55.1 Å². The van der Waals surface area contributed by atoms with Gasteiger partial charge in [0.1, 0.15) is 11.5 Å². The summed E-state index contributed by atoms with van der Waals surface area (Å²) in [5.74, 6) is -3.82. The van der Waals surface area contributed by atoms with Gasteiger partial charge in [-0.15, -0.1) is 0 Å². The Balaban J connectivity index is 1.89. The minimum Gasteiger partial charge on any atom is -0.480 e. The molecule has 1 aromatic heterocycles. The van der Waals surface area contributed by atoms with Gasteiger partial charge in [0.05, 0.1) is 18.1 Å². The Morgan fingerprint density at radius 2 is 1.97 bits per heavy atom. The van der Waals surface area contributed by atoms with E-state index < -0.39 is 45.8 Å². The van der Waals surface area contributed by atoms with Crippen molar-refractivity contribution >= 4 is 40.8 Å².